The van der Waals surface area contributed by atoms with E-state index >= 15 is 4.79 Å². The number of allylic oxidation sites excluding steroid dienone is 6. The van der Waals surface area contributed by atoms with Crippen molar-refractivity contribution >= 4 is 40.4 Å². The molecular weight excluding hydrogens is 599 g/mol. The highest BCUT2D eigenvalue weighted by Gasteiger charge is 2.49. The minimum atomic E-state index is -1.33. The van der Waals surface area contributed by atoms with Gasteiger partial charge in [-0.1, -0.05) is 57.8 Å². The molecule has 0 aliphatic heterocycles. The molecule has 0 spiro atoms. The molecule has 2 aliphatic rings. The predicted octanol–water partition coefficient (Wildman–Crippen LogP) is 8.37. The molecule has 232 valence electrons. The zero-order valence-electron chi connectivity index (χ0n) is 25.9. The van der Waals surface area contributed by atoms with E-state index in [1.165, 1.54) is 14.2 Å². The van der Waals surface area contributed by atoms with E-state index in [-0.39, 0.29) is 18.6 Å². The lowest BCUT2D eigenvalue weighted by molar-refractivity contribution is -0.157. The van der Waals surface area contributed by atoms with Crippen molar-refractivity contribution in [2.75, 3.05) is 14.2 Å². The van der Waals surface area contributed by atoms with Crippen LogP contribution in [0.5, 0.6) is 0 Å². The van der Waals surface area contributed by atoms with Crippen LogP contribution in [0.1, 0.15) is 51.7 Å². The summed E-state index contributed by atoms with van der Waals surface area (Å²) in [5.41, 5.74) is 2.51. The van der Waals surface area contributed by atoms with Crippen molar-refractivity contribution in [2.24, 2.45) is 10.3 Å². The molecule has 0 aromatic heterocycles. The van der Waals surface area contributed by atoms with Crippen LogP contribution < -0.4 is 0 Å². The van der Waals surface area contributed by atoms with Crippen molar-refractivity contribution in [1.82, 2.24) is 0 Å². The zero-order valence-corrected chi connectivity index (χ0v) is 27.5. The van der Waals surface area contributed by atoms with Crippen LogP contribution in [0, 0.1) is 0 Å². The second-order valence-corrected chi connectivity index (χ2v) is 12.3. The average Bonchev–Trinajstić information content (AvgIpc) is 2.98. The van der Waals surface area contributed by atoms with Gasteiger partial charge in [0.2, 0.25) is 5.78 Å². The van der Waals surface area contributed by atoms with Gasteiger partial charge >= 0.3 is 0 Å². The third kappa shape index (κ3) is 8.21. The summed E-state index contributed by atoms with van der Waals surface area (Å²) >= 11 is 12.4. The Kier molecular flexibility index (Phi) is 10.8. The maximum Gasteiger partial charge on any atom is 0.219 e. The highest BCUT2D eigenvalue weighted by atomic mass is 35.5. The quantitative estimate of drug-likeness (QED) is 0.219. The maximum absolute atomic E-state index is 15.0. The Morgan fingerprint density at radius 2 is 1.05 bits per heavy atom. The van der Waals surface area contributed by atoms with Crippen molar-refractivity contribution < 1.29 is 23.9 Å². The first-order chi connectivity index (χ1) is 20.9. The number of carbonyl (C=O) groups excluding carboxylic acids is 1. The van der Waals surface area contributed by atoms with Crippen molar-refractivity contribution in [2.45, 2.75) is 64.6 Å². The van der Waals surface area contributed by atoms with E-state index in [1.807, 2.05) is 101 Å². The SMILES string of the molecule is CON=C1C=CC(OC(C)(Cc2ccc(Cl)cc2)C(=O)C(C)(Cc2ccc(Cl)cc2)OC2=C(C)CC(=NOC)C=C2)=C(C)C1. The molecule has 0 N–H and O–H groups in total. The lowest BCUT2D eigenvalue weighted by atomic mass is 9.79. The smallest absolute Gasteiger partial charge is 0.219 e. The van der Waals surface area contributed by atoms with Crippen LogP contribution in [-0.4, -0.2) is 42.6 Å². The minimum Gasteiger partial charge on any atom is -0.479 e. The van der Waals surface area contributed by atoms with E-state index in [0.717, 1.165) is 33.7 Å². The maximum atomic E-state index is 15.0. The molecule has 2 unspecified atom stereocenters. The minimum absolute atomic E-state index is 0.218. The van der Waals surface area contributed by atoms with Crippen molar-refractivity contribution in [3.8, 4) is 0 Å². The monoisotopic (exact) mass is 636 g/mol. The number of ether oxygens (including phenoxy) is 2. The van der Waals surface area contributed by atoms with E-state index in [0.29, 0.717) is 34.4 Å². The third-order valence-electron chi connectivity index (χ3n) is 7.55. The van der Waals surface area contributed by atoms with Gasteiger partial charge in [-0.3, -0.25) is 4.79 Å². The van der Waals surface area contributed by atoms with E-state index in [4.69, 9.17) is 42.4 Å². The summed E-state index contributed by atoms with van der Waals surface area (Å²) in [5.74, 6) is 0.990. The van der Waals surface area contributed by atoms with E-state index in [1.54, 1.807) is 0 Å². The molecule has 0 bridgehead atoms. The van der Waals surface area contributed by atoms with Crippen LogP contribution in [0.25, 0.3) is 0 Å². The Labute approximate surface area is 269 Å². The number of Topliss-reactive ketones (excluding diaryl/α,β-unsaturated/α-hetero) is 1. The molecule has 0 radical (unpaired) electrons. The Hall–Kier alpha value is -3.81. The van der Waals surface area contributed by atoms with Crippen LogP contribution in [0.4, 0.5) is 0 Å². The largest absolute Gasteiger partial charge is 0.479 e. The topological polar surface area (TPSA) is 78.7 Å². The molecular formula is C35H38Cl2N2O5. The van der Waals surface area contributed by atoms with Crippen LogP contribution >= 0.6 is 23.2 Å². The Bertz CT molecular complexity index is 1440. The molecule has 2 aliphatic carbocycles. The highest BCUT2D eigenvalue weighted by molar-refractivity contribution is 6.30. The second kappa shape index (κ2) is 14.3. The molecule has 9 heteroatoms. The Morgan fingerprint density at radius 1 is 0.682 bits per heavy atom. The van der Waals surface area contributed by atoms with Crippen molar-refractivity contribution in [3.63, 3.8) is 0 Å². The van der Waals surface area contributed by atoms with Gasteiger partial charge in [0, 0.05) is 35.7 Å². The van der Waals surface area contributed by atoms with Gasteiger partial charge < -0.3 is 19.1 Å². The summed E-state index contributed by atoms with van der Waals surface area (Å²) in [6.07, 6.45) is 8.96. The molecule has 0 amide bonds. The fourth-order valence-electron chi connectivity index (χ4n) is 5.42. The lowest BCUT2D eigenvalue weighted by Crippen LogP contribution is -2.55. The molecule has 2 atom stereocenters. The number of hydrogen-bond acceptors (Lipinski definition) is 7. The van der Waals surface area contributed by atoms with E-state index < -0.39 is 11.2 Å². The summed E-state index contributed by atoms with van der Waals surface area (Å²) in [6.45, 7) is 7.56. The fraction of sp³-hybridized carbons (Fsp3) is 0.343. The van der Waals surface area contributed by atoms with Gasteiger partial charge in [0.05, 0.1) is 11.4 Å². The number of oxime groups is 2. The van der Waals surface area contributed by atoms with E-state index in [2.05, 4.69) is 10.3 Å². The van der Waals surface area contributed by atoms with Crippen LogP contribution in [0.15, 0.2) is 106 Å². The first-order valence-electron chi connectivity index (χ1n) is 14.3. The average molecular weight is 638 g/mol. The van der Waals surface area contributed by atoms with E-state index in [9.17, 15) is 0 Å². The van der Waals surface area contributed by atoms with Crippen molar-refractivity contribution in [1.29, 1.82) is 0 Å². The first-order valence-corrected chi connectivity index (χ1v) is 15.1. The molecule has 2 aromatic rings. The molecule has 0 heterocycles. The number of nitrogens with zero attached hydrogens (tertiary/aromatic N) is 2. The summed E-state index contributed by atoms with van der Waals surface area (Å²) in [7, 11) is 3.03. The van der Waals surface area contributed by atoms with Gasteiger partial charge in [-0.05, 0) is 98.5 Å². The normalized spacial score (nSPS) is 19.5. The lowest BCUT2D eigenvalue weighted by Gasteiger charge is -2.40. The number of benzene rings is 2. The molecule has 0 saturated carbocycles. The first kappa shape index (κ1) is 33.1. The fourth-order valence-corrected chi connectivity index (χ4v) is 5.67. The summed E-state index contributed by atoms with van der Waals surface area (Å²) in [5, 5.41) is 9.34. The van der Waals surface area contributed by atoms with Crippen LogP contribution in [0.2, 0.25) is 10.0 Å². The molecule has 44 heavy (non-hydrogen) atoms. The van der Waals surface area contributed by atoms with Crippen LogP contribution in [0.3, 0.4) is 0 Å². The molecule has 0 saturated heterocycles. The number of ketones is 1. The zero-order chi connectivity index (χ0) is 31.9. The summed E-state index contributed by atoms with van der Waals surface area (Å²) in [6, 6.07) is 14.9. The standard InChI is InChI=1S/C35H38Cl2N2O5/c1-23-19-29(38-41-5)15-17-31(23)43-34(3,21-25-7-11-27(36)12-8-25)33(40)35(4,22-26-9-13-28(37)14-10-26)44-32-18-16-30(39-42-6)20-24(32)2/h7-18H,19-22H2,1-6H3. The number of rotatable bonds is 12. The third-order valence-corrected chi connectivity index (χ3v) is 8.05. The Morgan fingerprint density at radius 3 is 1.36 bits per heavy atom. The summed E-state index contributed by atoms with van der Waals surface area (Å²) in [4.78, 5) is 25.0. The predicted molar refractivity (Wildman–Crippen MR) is 176 cm³/mol. The van der Waals surface area contributed by atoms with Gasteiger partial charge in [0.1, 0.15) is 25.7 Å². The van der Waals surface area contributed by atoms with Gasteiger partial charge in [-0.2, -0.15) is 0 Å². The molecule has 2 aromatic carbocycles. The number of halogens is 2. The second-order valence-electron chi connectivity index (χ2n) is 11.4. The molecule has 4 rings (SSSR count). The van der Waals surface area contributed by atoms with Gasteiger partial charge in [-0.25, -0.2) is 0 Å². The van der Waals surface area contributed by atoms with Gasteiger partial charge in [0.15, 0.2) is 11.2 Å². The highest BCUT2D eigenvalue weighted by Crippen LogP contribution is 2.36. The van der Waals surface area contributed by atoms with Gasteiger partial charge in [-0.15, -0.1) is 0 Å². The van der Waals surface area contributed by atoms with Crippen LogP contribution in [-0.2, 0) is 36.8 Å². The Balaban J connectivity index is 1.77. The number of hydrogen-bond donors (Lipinski definition) is 0. The number of carbonyl (C=O) groups is 1. The van der Waals surface area contributed by atoms with Gasteiger partial charge in [0.25, 0.3) is 0 Å². The molecule has 7 nitrogen and oxygen atoms in total. The molecule has 0 fully saturated rings. The summed E-state index contributed by atoms with van der Waals surface area (Å²) < 4.78 is 13.5. The van der Waals surface area contributed by atoms with Crippen molar-refractivity contribution in [3.05, 3.63) is 117 Å².